The normalized spacial score (nSPS) is 15.5. The molecule has 150 valence electrons. The molecule has 1 fully saturated rings. The summed E-state index contributed by atoms with van der Waals surface area (Å²) in [7, 11) is 0. The van der Waals surface area contributed by atoms with E-state index in [0.29, 0.717) is 5.69 Å². The first-order valence-electron chi connectivity index (χ1n) is 9.34. The molecule has 7 heteroatoms. The minimum absolute atomic E-state index is 0.186. The molecule has 0 atom stereocenters. The minimum atomic E-state index is -4.41. The maximum absolute atomic E-state index is 12.6. The van der Waals surface area contributed by atoms with E-state index < -0.39 is 17.6 Å². The molecule has 1 heterocycles. The zero-order chi connectivity index (χ0) is 20.3. The Morgan fingerprint density at radius 3 is 2.21 bits per heavy atom. The van der Waals surface area contributed by atoms with Crippen LogP contribution in [-0.4, -0.2) is 43.5 Å². The number of benzene rings is 2. The molecule has 1 saturated heterocycles. The van der Waals surface area contributed by atoms with Crippen LogP contribution in [0.5, 0.6) is 0 Å². The number of nitrogens with one attached hydrogen (secondary N) is 1. The zero-order valence-electron chi connectivity index (χ0n) is 16.0. The van der Waals surface area contributed by atoms with Crippen molar-refractivity contribution in [3.63, 3.8) is 0 Å². The average molecular weight is 391 g/mol. The molecule has 4 nitrogen and oxygen atoms in total. The number of hydrogen-bond acceptors (Lipinski definition) is 3. The quantitative estimate of drug-likeness (QED) is 0.839. The number of hydrogen-bond donors (Lipinski definition) is 1. The van der Waals surface area contributed by atoms with E-state index in [4.69, 9.17) is 0 Å². The van der Waals surface area contributed by atoms with Crippen molar-refractivity contribution < 1.29 is 18.0 Å². The predicted octanol–water partition coefficient (Wildman–Crippen LogP) is 4.41. The van der Waals surface area contributed by atoms with Gasteiger partial charge in [-0.15, -0.1) is 0 Å². The van der Waals surface area contributed by atoms with E-state index in [2.05, 4.69) is 22.0 Å². The van der Waals surface area contributed by atoms with Crippen molar-refractivity contribution in [2.75, 3.05) is 42.9 Å². The number of amides is 1. The first kappa shape index (κ1) is 20.2. The molecule has 3 rings (SSSR count). The van der Waals surface area contributed by atoms with Crippen LogP contribution in [0, 0.1) is 6.92 Å². The summed E-state index contributed by atoms with van der Waals surface area (Å²) in [6.07, 6.45) is -4.41. The van der Waals surface area contributed by atoms with Crippen LogP contribution in [0.15, 0.2) is 42.5 Å². The molecule has 0 aliphatic carbocycles. The number of nitrogens with zero attached hydrogens (tertiary/aromatic N) is 2. The van der Waals surface area contributed by atoms with Gasteiger partial charge in [0.1, 0.15) is 0 Å². The molecule has 1 aliphatic heterocycles. The van der Waals surface area contributed by atoms with Gasteiger partial charge in [0.05, 0.1) is 5.56 Å². The Labute approximate surface area is 162 Å². The van der Waals surface area contributed by atoms with Crippen molar-refractivity contribution in [1.82, 2.24) is 4.90 Å². The van der Waals surface area contributed by atoms with Crippen LogP contribution in [0.25, 0.3) is 0 Å². The second-order valence-electron chi connectivity index (χ2n) is 6.95. The first-order chi connectivity index (χ1) is 13.3. The lowest BCUT2D eigenvalue weighted by molar-refractivity contribution is -0.137. The fourth-order valence-corrected chi connectivity index (χ4v) is 3.41. The summed E-state index contributed by atoms with van der Waals surface area (Å²) in [5.41, 5.74) is 2.23. The molecule has 0 unspecified atom stereocenters. The van der Waals surface area contributed by atoms with Crippen molar-refractivity contribution in [1.29, 1.82) is 0 Å². The van der Waals surface area contributed by atoms with Crippen LogP contribution in [0.3, 0.4) is 0 Å². The second-order valence-corrected chi connectivity index (χ2v) is 6.95. The van der Waals surface area contributed by atoms with Gasteiger partial charge in [0.25, 0.3) is 5.91 Å². The monoisotopic (exact) mass is 391 g/mol. The van der Waals surface area contributed by atoms with Crippen molar-refractivity contribution >= 4 is 17.3 Å². The number of rotatable bonds is 4. The van der Waals surface area contributed by atoms with Gasteiger partial charge in [-0.2, -0.15) is 13.2 Å². The molecule has 1 N–H and O–H groups in total. The van der Waals surface area contributed by atoms with E-state index in [9.17, 15) is 18.0 Å². The van der Waals surface area contributed by atoms with Crippen molar-refractivity contribution in [3.8, 4) is 0 Å². The summed E-state index contributed by atoms with van der Waals surface area (Å²) in [5.74, 6) is -0.433. The summed E-state index contributed by atoms with van der Waals surface area (Å²) < 4.78 is 37.9. The maximum atomic E-state index is 12.6. The fourth-order valence-electron chi connectivity index (χ4n) is 3.41. The van der Waals surface area contributed by atoms with Gasteiger partial charge < -0.3 is 15.1 Å². The maximum Gasteiger partial charge on any atom is 0.416 e. The highest BCUT2D eigenvalue weighted by Crippen LogP contribution is 2.29. The highest BCUT2D eigenvalue weighted by atomic mass is 19.4. The second kappa shape index (κ2) is 8.22. The third kappa shape index (κ3) is 4.65. The lowest BCUT2D eigenvalue weighted by atomic mass is 10.1. The SMILES string of the molecule is CCN1CCN(c2ccc(NC(=O)c3ccc(C(F)(F)F)cc3)cc2C)CC1. The van der Waals surface area contributed by atoms with Gasteiger partial charge in [-0.25, -0.2) is 0 Å². The molecule has 1 aliphatic rings. The number of aryl methyl sites for hydroxylation is 1. The Morgan fingerprint density at radius 2 is 1.68 bits per heavy atom. The highest BCUT2D eigenvalue weighted by molar-refractivity contribution is 6.04. The van der Waals surface area contributed by atoms with Gasteiger partial charge >= 0.3 is 6.18 Å². The number of piperazine rings is 1. The summed E-state index contributed by atoms with van der Waals surface area (Å²) >= 11 is 0. The Bertz CT molecular complexity index is 826. The van der Waals surface area contributed by atoms with E-state index in [1.165, 1.54) is 12.1 Å². The largest absolute Gasteiger partial charge is 0.416 e. The van der Waals surface area contributed by atoms with Crippen LogP contribution in [0.1, 0.15) is 28.4 Å². The topological polar surface area (TPSA) is 35.6 Å². The molecule has 0 radical (unpaired) electrons. The number of carbonyl (C=O) groups is 1. The Hall–Kier alpha value is -2.54. The lowest BCUT2D eigenvalue weighted by Gasteiger charge is -2.36. The minimum Gasteiger partial charge on any atom is -0.369 e. The van der Waals surface area contributed by atoms with Gasteiger partial charge in [0.2, 0.25) is 0 Å². The standard InChI is InChI=1S/C21H24F3N3O/c1-3-26-10-12-27(13-11-26)19-9-8-18(14-15(19)2)25-20(28)16-4-6-17(7-5-16)21(22,23)24/h4-9,14H,3,10-13H2,1-2H3,(H,25,28). The van der Waals surface area contributed by atoms with Gasteiger partial charge in [-0.1, -0.05) is 6.92 Å². The van der Waals surface area contributed by atoms with E-state index >= 15 is 0 Å². The number of carbonyl (C=O) groups excluding carboxylic acids is 1. The van der Waals surface area contributed by atoms with Crippen molar-refractivity contribution in [2.24, 2.45) is 0 Å². The molecular formula is C21H24F3N3O. The van der Waals surface area contributed by atoms with E-state index in [-0.39, 0.29) is 5.56 Å². The van der Waals surface area contributed by atoms with Crippen LogP contribution >= 0.6 is 0 Å². The Morgan fingerprint density at radius 1 is 1.04 bits per heavy atom. The number of alkyl halides is 3. The molecule has 0 aromatic heterocycles. The van der Waals surface area contributed by atoms with Crippen LogP contribution in [-0.2, 0) is 6.18 Å². The molecule has 0 spiro atoms. The van der Waals surface area contributed by atoms with Gasteiger partial charge in [-0.05, 0) is 61.5 Å². The van der Waals surface area contributed by atoms with Crippen LogP contribution in [0.2, 0.25) is 0 Å². The van der Waals surface area contributed by atoms with Crippen molar-refractivity contribution in [2.45, 2.75) is 20.0 Å². The molecule has 0 bridgehead atoms. The van der Waals surface area contributed by atoms with Gasteiger partial charge in [0, 0.05) is 43.1 Å². The number of anilines is 2. The van der Waals surface area contributed by atoms with Crippen molar-refractivity contribution in [3.05, 3.63) is 59.2 Å². The first-order valence-corrected chi connectivity index (χ1v) is 9.34. The molecular weight excluding hydrogens is 367 g/mol. The summed E-state index contributed by atoms with van der Waals surface area (Å²) in [4.78, 5) is 17.1. The molecule has 1 amide bonds. The molecule has 0 saturated carbocycles. The smallest absolute Gasteiger partial charge is 0.369 e. The summed E-state index contributed by atoms with van der Waals surface area (Å²) in [6.45, 7) is 9.20. The third-order valence-corrected chi connectivity index (χ3v) is 5.09. The highest BCUT2D eigenvalue weighted by Gasteiger charge is 2.30. The lowest BCUT2D eigenvalue weighted by Crippen LogP contribution is -2.46. The zero-order valence-corrected chi connectivity index (χ0v) is 16.0. The van der Waals surface area contributed by atoms with Gasteiger partial charge in [-0.3, -0.25) is 4.79 Å². The average Bonchev–Trinajstić information content (AvgIpc) is 2.68. The number of likely N-dealkylation sites (N-methyl/N-ethyl adjacent to an activating group) is 1. The molecule has 2 aromatic carbocycles. The van der Waals surface area contributed by atoms with Crippen LogP contribution in [0.4, 0.5) is 24.5 Å². The van der Waals surface area contributed by atoms with E-state index in [0.717, 1.165) is 56.1 Å². The molecule has 28 heavy (non-hydrogen) atoms. The number of halogens is 3. The fraction of sp³-hybridized carbons (Fsp3) is 0.381. The van der Waals surface area contributed by atoms with E-state index in [1.54, 1.807) is 0 Å². The Kier molecular flexibility index (Phi) is 5.93. The molecule has 2 aromatic rings. The third-order valence-electron chi connectivity index (χ3n) is 5.09. The Balaban J connectivity index is 1.66. The van der Waals surface area contributed by atoms with E-state index in [1.807, 2.05) is 25.1 Å². The predicted molar refractivity (Wildman–Crippen MR) is 105 cm³/mol. The van der Waals surface area contributed by atoms with Gasteiger partial charge in [0.15, 0.2) is 0 Å². The summed E-state index contributed by atoms with van der Waals surface area (Å²) in [5, 5.41) is 2.76. The van der Waals surface area contributed by atoms with Crippen LogP contribution < -0.4 is 10.2 Å². The summed E-state index contributed by atoms with van der Waals surface area (Å²) in [6, 6.07) is 9.91.